The molecule has 6 heteroatoms. The molecule has 104 valence electrons. The van der Waals surface area contributed by atoms with Gasteiger partial charge in [-0.1, -0.05) is 26.0 Å². The average Bonchev–Trinajstić information content (AvgIpc) is 2.34. The first kappa shape index (κ1) is 15.1. The number of carbonyl (C=O) groups excluding carboxylic acids is 1. The highest BCUT2D eigenvalue weighted by molar-refractivity contribution is 5.80. The maximum Gasteiger partial charge on any atom is 0.269 e. The van der Waals surface area contributed by atoms with Crippen LogP contribution in [0.3, 0.4) is 0 Å². The Morgan fingerprint density at radius 2 is 2.00 bits per heavy atom. The van der Waals surface area contributed by atoms with Crippen molar-refractivity contribution in [1.82, 2.24) is 5.32 Å². The standard InChI is InChI=1S/C13H19N3O3/c1-8(2)12(13(14)17)15-9(3)10-5-4-6-11(7-10)16(18)19/h4-9,12,15H,1-3H3,(H2,14,17). The van der Waals surface area contributed by atoms with E-state index in [1.165, 1.54) is 12.1 Å². The Morgan fingerprint density at radius 3 is 2.47 bits per heavy atom. The van der Waals surface area contributed by atoms with Crippen molar-refractivity contribution in [2.24, 2.45) is 11.7 Å². The van der Waals surface area contributed by atoms with Gasteiger partial charge in [0.2, 0.25) is 5.91 Å². The van der Waals surface area contributed by atoms with Crippen molar-refractivity contribution < 1.29 is 9.72 Å². The summed E-state index contributed by atoms with van der Waals surface area (Å²) in [7, 11) is 0. The van der Waals surface area contributed by atoms with Crippen molar-refractivity contribution in [1.29, 1.82) is 0 Å². The number of primary amides is 1. The van der Waals surface area contributed by atoms with Gasteiger partial charge in [0.05, 0.1) is 11.0 Å². The van der Waals surface area contributed by atoms with Crippen LogP contribution in [-0.4, -0.2) is 16.9 Å². The second-order valence-electron chi connectivity index (χ2n) is 4.86. The van der Waals surface area contributed by atoms with Gasteiger partial charge in [0.1, 0.15) is 0 Å². The first-order chi connectivity index (χ1) is 8.82. The number of nitro benzene ring substituents is 1. The molecule has 0 aliphatic heterocycles. The fraction of sp³-hybridized carbons (Fsp3) is 0.462. The smallest absolute Gasteiger partial charge is 0.269 e. The van der Waals surface area contributed by atoms with E-state index >= 15 is 0 Å². The number of rotatable bonds is 6. The minimum Gasteiger partial charge on any atom is -0.368 e. The van der Waals surface area contributed by atoms with Crippen LogP contribution < -0.4 is 11.1 Å². The van der Waals surface area contributed by atoms with Crippen molar-refractivity contribution in [3.63, 3.8) is 0 Å². The number of hydrogen-bond donors (Lipinski definition) is 2. The number of nitrogens with two attached hydrogens (primary N) is 1. The summed E-state index contributed by atoms with van der Waals surface area (Å²) in [6.07, 6.45) is 0. The first-order valence-electron chi connectivity index (χ1n) is 6.12. The Kier molecular flexibility index (Phi) is 5.00. The van der Waals surface area contributed by atoms with Gasteiger partial charge in [-0.3, -0.25) is 20.2 Å². The Balaban J connectivity index is 2.88. The Labute approximate surface area is 112 Å². The monoisotopic (exact) mass is 265 g/mol. The van der Waals surface area contributed by atoms with E-state index in [2.05, 4.69) is 5.32 Å². The highest BCUT2D eigenvalue weighted by atomic mass is 16.6. The fourth-order valence-electron chi connectivity index (χ4n) is 1.88. The van der Waals surface area contributed by atoms with Crippen molar-refractivity contribution in [3.8, 4) is 0 Å². The molecule has 1 aromatic rings. The number of benzene rings is 1. The molecule has 2 unspecified atom stereocenters. The molecular weight excluding hydrogens is 246 g/mol. The molecule has 19 heavy (non-hydrogen) atoms. The van der Waals surface area contributed by atoms with E-state index in [1.54, 1.807) is 12.1 Å². The average molecular weight is 265 g/mol. The van der Waals surface area contributed by atoms with Crippen LogP contribution >= 0.6 is 0 Å². The number of amides is 1. The Hall–Kier alpha value is -1.95. The molecule has 0 bridgehead atoms. The zero-order valence-electron chi connectivity index (χ0n) is 11.3. The van der Waals surface area contributed by atoms with Gasteiger partial charge >= 0.3 is 0 Å². The predicted octanol–water partition coefficient (Wildman–Crippen LogP) is 1.76. The molecule has 0 aliphatic rings. The maximum absolute atomic E-state index is 11.3. The van der Waals surface area contributed by atoms with Gasteiger partial charge in [-0.05, 0) is 18.4 Å². The van der Waals surface area contributed by atoms with Crippen LogP contribution in [0.5, 0.6) is 0 Å². The highest BCUT2D eigenvalue weighted by Crippen LogP contribution is 2.20. The van der Waals surface area contributed by atoms with E-state index in [0.29, 0.717) is 0 Å². The van der Waals surface area contributed by atoms with Crippen molar-refractivity contribution in [2.45, 2.75) is 32.9 Å². The first-order valence-corrected chi connectivity index (χ1v) is 6.12. The van der Waals surface area contributed by atoms with Crippen LogP contribution in [0.15, 0.2) is 24.3 Å². The van der Waals surface area contributed by atoms with Gasteiger partial charge in [-0.25, -0.2) is 0 Å². The molecule has 1 amide bonds. The van der Waals surface area contributed by atoms with Crippen LogP contribution in [0.25, 0.3) is 0 Å². The van der Waals surface area contributed by atoms with E-state index in [0.717, 1.165) is 5.56 Å². The molecule has 0 heterocycles. The third-order valence-corrected chi connectivity index (χ3v) is 2.98. The fourth-order valence-corrected chi connectivity index (χ4v) is 1.88. The number of non-ortho nitro benzene ring substituents is 1. The van der Waals surface area contributed by atoms with Gasteiger partial charge in [-0.2, -0.15) is 0 Å². The molecule has 0 saturated heterocycles. The summed E-state index contributed by atoms with van der Waals surface area (Å²) in [6, 6.07) is 5.68. The zero-order chi connectivity index (χ0) is 14.6. The number of nitro groups is 1. The predicted molar refractivity (Wildman–Crippen MR) is 72.5 cm³/mol. The topological polar surface area (TPSA) is 98.3 Å². The molecule has 6 nitrogen and oxygen atoms in total. The molecule has 0 aromatic heterocycles. The van der Waals surface area contributed by atoms with Crippen LogP contribution in [-0.2, 0) is 4.79 Å². The SMILES string of the molecule is CC(NC(C(N)=O)C(C)C)c1cccc([N+](=O)[O-])c1. The largest absolute Gasteiger partial charge is 0.368 e. The van der Waals surface area contributed by atoms with Gasteiger partial charge in [-0.15, -0.1) is 0 Å². The van der Waals surface area contributed by atoms with Crippen molar-refractivity contribution in [3.05, 3.63) is 39.9 Å². The van der Waals surface area contributed by atoms with Gasteiger partial charge in [0, 0.05) is 18.2 Å². The second-order valence-corrected chi connectivity index (χ2v) is 4.86. The van der Waals surface area contributed by atoms with E-state index in [1.807, 2.05) is 20.8 Å². The lowest BCUT2D eigenvalue weighted by Crippen LogP contribution is -2.45. The molecule has 1 aromatic carbocycles. The van der Waals surface area contributed by atoms with E-state index in [4.69, 9.17) is 5.73 Å². The van der Waals surface area contributed by atoms with Crippen LogP contribution in [0.2, 0.25) is 0 Å². The Bertz CT molecular complexity index is 474. The summed E-state index contributed by atoms with van der Waals surface area (Å²) in [5, 5.41) is 13.8. The summed E-state index contributed by atoms with van der Waals surface area (Å²) < 4.78 is 0. The zero-order valence-corrected chi connectivity index (χ0v) is 11.3. The molecule has 2 atom stereocenters. The number of hydrogen-bond acceptors (Lipinski definition) is 4. The van der Waals surface area contributed by atoms with Gasteiger partial charge in [0.15, 0.2) is 0 Å². The number of nitrogens with one attached hydrogen (secondary N) is 1. The summed E-state index contributed by atoms with van der Waals surface area (Å²) in [5.74, 6) is -0.370. The summed E-state index contributed by atoms with van der Waals surface area (Å²) >= 11 is 0. The van der Waals surface area contributed by atoms with E-state index < -0.39 is 16.9 Å². The normalized spacial score (nSPS) is 14.1. The molecule has 0 fully saturated rings. The third-order valence-electron chi connectivity index (χ3n) is 2.98. The quantitative estimate of drug-likeness (QED) is 0.604. The van der Waals surface area contributed by atoms with Crippen LogP contribution in [0.4, 0.5) is 5.69 Å². The second kappa shape index (κ2) is 6.29. The summed E-state index contributed by atoms with van der Waals surface area (Å²) in [5.41, 5.74) is 6.12. The van der Waals surface area contributed by atoms with Crippen molar-refractivity contribution in [2.75, 3.05) is 0 Å². The molecule has 0 spiro atoms. The lowest BCUT2D eigenvalue weighted by molar-refractivity contribution is -0.384. The van der Waals surface area contributed by atoms with E-state index in [9.17, 15) is 14.9 Å². The molecule has 0 radical (unpaired) electrons. The van der Waals surface area contributed by atoms with Gasteiger partial charge < -0.3 is 5.73 Å². The van der Waals surface area contributed by atoms with Crippen LogP contribution in [0, 0.1) is 16.0 Å². The molecule has 1 rings (SSSR count). The lowest BCUT2D eigenvalue weighted by Gasteiger charge is -2.24. The summed E-state index contributed by atoms with van der Waals surface area (Å²) in [6.45, 7) is 5.63. The molecular formula is C13H19N3O3. The minimum absolute atomic E-state index is 0.0336. The third kappa shape index (κ3) is 4.03. The Morgan fingerprint density at radius 1 is 1.37 bits per heavy atom. The maximum atomic E-state index is 11.3. The minimum atomic E-state index is -0.464. The summed E-state index contributed by atoms with van der Waals surface area (Å²) in [4.78, 5) is 21.6. The molecule has 0 saturated carbocycles. The highest BCUT2D eigenvalue weighted by Gasteiger charge is 2.22. The molecule has 3 N–H and O–H groups in total. The number of nitrogens with zero attached hydrogens (tertiary/aromatic N) is 1. The lowest BCUT2D eigenvalue weighted by atomic mass is 10.0. The van der Waals surface area contributed by atoms with Crippen molar-refractivity contribution >= 4 is 11.6 Å². The molecule has 0 aliphatic carbocycles. The van der Waals surface area contributed by atoms with Crippen LogP contribution in [0.1, 0.15) is 32.4 Å². The van der Waals surface area contributed by atoms with E-state index in [-0.39, 0.29) is 17.6 Å². The number of carbonyl (C=O) groups is 1. The van der Waals surface area contributed by atoms with Gasteiger partial charge in [0.25, 0.3) is 5.69 Å².